The Hall–Kier alpha value is -1.34. The summed E-state index contributed by atoms with van der Waals surface area (Å²) in [5, 5.41) is 0.484. The van der Waals surface area contributed by atoms with Crippen LogP contribution in [0.25, 0.3) is 0 Å². The highest BCUT2D eigenvalue weighted by molar-refractivity contribution is 9.10. The lowest BCUT2D eigenvalue weighted by atomic mass is 10.2. The molecule has 116 valence electrons. The topological polar surface area (TPSA) is 64.3 Å². The van der Waals surface area contributed by atoms with Crippen LogP contribution in [0.1, 0.15) is 15.9 Å². The van der Waals surface area contributed by atoms with E-state index in [1.807, 2.05) is 5.43 Å². The van der Waals surface area contributed by atoms with Gasteiger partial charge in [0.1, 0.15) is 12.4 Å². The lowest BCUT2D eigenvalue weighted by Crippen LogP contribution is -2.29. The molecule has 0 aliphatic heterocycles. The highest BCUT2D eigenvalue weighted by Gasteiger charge is 2.14. The van der Waals surface area contributed by atoms with Crippen molar-refractivity contribution >= 4 is 45.0 Å². The van der Waals surface area contributed by atoms with E-state index < -0.39 is 11.7 Å². The summed E-state index contributed by atoms with van der Waals surface area (Å²) in [7, 11) is 0. The zero-order valence-corrected chi connectivity index (χ0v) is 14.1. The van der Waals surface area contributed by atoms with Gasteiger partial charge >= 0.3 is 0 Å². The molecule has 0 saturated heterocycles. The summed E-state index contributed by atoms with van der Waals surface area (Å²) in [4.78, 5) is 11.5. The van der Waals surface area contributed by atoms with Gasteiger partial charge in [-0.1, -0.05) is 29.3 Å². The van der Waals surface area contributed by atoms with Crippen molar-refractivity contribution in [1.29, 1.82) is 0 Å². The van der Waals surface area contributed by atoms with Crippen LogP contribution in [0.5, 0.6) is 5.75 Å². The molecule has 8 heteroatoms. The third-order valence-corrected chi connectivity index (χ3v) is 4.00. The molecule has 3 N–H and O–H groups in total. The number of ether oxygens (including phenoxy) is 1. The molecule has 4 nitrogen and oxygen atoms in total. The van der Waals surface area contributed by atoms with E-state index in [9.17, 15) is 9.18 Å². The number of halogens is 4. The lowest BCUT2D eigenvalue weighted by Gasteiger charge is -2.12. The van der Waals surface area contributed by atoms with Gasteiger partial charge < -0.3 is 4.74 Å². The zero-order valence-electron chi connectivity index (χ0n) is 11.0. The predicted octanol–water partition coefficient (Wildman–Crippen LogP) is 4.08. The van der Waals surface area contributed by atoms with E-state index in [2.05, 4.69) is 15.9 Å². The van der Waals surface area contributed by atoms with Gasteiger partial charge in [-0.15, -0.1) is 0 Å². The molecule has 2 aromatic carbocycles. The summed E-state index contributed by atoms with van der Waals surface area (Å²) in [6, 6.07) is 6.96. The van der Waals surface area contributed by atoms with E-state index in [-0.39, 0.29) is 22.2 Å². The Bertz CT molecular complexity index is 705. The molecule has 0 heterocycles. The van der Waals surface area contributed by atoms with Crippen LogP contribution in [-0.4, -0.2) is 5.91 Å². The van der Waals surface area contributed by atoms with Gasteiger partial charge in [-0.25, -0.2) is 10.2 Å². The van der Waals surface area contributed by atoms with Crippen molar-refractivity contribution in [2.24, 2.45) is 5.84 Å². The zero-order chi connectivity index (χ0) is 16.3. The van der Waals surface area contributed by atoms with Crippen molar-refractivity contribution in [3.8, 4) is 5.75 Å². The molecule has 0 fully saturated rings. The van der Waals surface area contributed by atoms with Crippen molar-refractivity contribution in [3.63, 3.8) is 0 Å². The molecule has 0 radical (unpaired) electrons. The quantitative estimate of drug-likeness (QED) is 0.456. The van der Waals surface area contributed by atoms with Crippen LogP contribution in [0.15, 0.2) is 34.8 Å². The van der Waals surface area contributed by atoms with Crippen LogP contribution >= 0.6 is 39.1 Å². The number of rotatable bonds is 4. The maximum absolute atomic E-state index is 13.0. The van der Waals surface area contributed by atoms with Gasteiger partial charge in [0, 0.05) is 11.1 Å². The fourth-order valence-electron chi connectivity index (χ4n) is 1.70. The number of nitrogens with one attached hydrogen (secondary N) is 1. The summed E-state index contributed by atoms with van der Waals surface area (Å²) in [5.41, 5.74) is 2.90. The second kappa shape index (κ2) is 7.28. The Kier molecular flexibility index (Phi) is 5.63. The molecule has 0 aliphatic carbocycles. The largest absolute Gasteiger partial charge is 0.486 e. The first-order valence-corrected chi connectivity index (χ1v) is 7.54. The van der Waals surface area contributed by atoms with Crippen LogP contribution in [-0.2, 0) is 6.61 Å². The summed E-state index contributed by atoms with van der Waals surface area (Å²) in [6.07, 6.45) is 0. The molecule has 1 amide bonds. The third kappa shape index (κ3) is 3.89. The number of hydrogen-bond acceptors (Lipinski definition) is 3. The summed E-state index contributed by atoms with van der Waals surface area (Å²) in [6.45, 7) is 0.0971. The minimum atomic E-state index is -0.476. The smallest absolute Gasteiger partial charge is 0.265 e. The highest BCUT2D eigenvalue weighted by Crippen LogP contribution is 2.35. The third-order valence-electron chi connectivity index (χ3n) is 2.78. The van der Waals surface area contributed by atoms with Crippen LogP contribution < -0.4 is 16.0 Å². The van der Waals surface area contributed by atoms with E-state index in [0.29, 0.717) is 15.8 Å². The van der Waals surface area contributed by atoms with Gasteiger partial charge in [-0.2, -0.15) is 0 Å². The van der Waals surface area contributed by atoms with Gasteiger partial charge in [-0.05, 0) is 40.2 Å². The first-order valence-electron chi connectivity index (χ1n) is 5.99. The number of carbonyl (C=O) groups is 1. The Morgan fingerprint density at radius 2 is 2.00 bits per heavy atom. The van der Waals surface area contributed by atoms with Crippen LogP contribution in [0.2, 0.25) is 10.0 Å². The molecule has 0 spiro atoms. The molecule has 0 aliphatic rings. The predicted molar refractivity (Wildman–Crippen MR) is 86.5 cm³/mol. The number of amides is 1. The van der Waals surface area contributed by atoms with Gasteiger partial charge in [0.05, 0.1) is 14.5 Å². The summed E-state index contributed by atoms with van der Waals surface area (Å²) < 4.78 is 19.1. The van der Waals surface area contributed by atoms with Crippen molar-refractivity contribution in [2.75, 3.05) is 0 Å². The standard InChI is InChI=1S/C14H10BrCl2FN2O2/c15-10-3-8(14(21)20-19)4-12(17)13(10)22-6-7-1-2-9(18)5-11(7)16/h1-5H,6,19H2,(H,20,21). The molecule has 0 unspecified atom stereocenters. The SMILES string of the molecule is NNC(=O)c1cc(Cl)c(OCc2ccc(F)cc2Cl)c(Br)c1. The van der Waals surface area contributed by atoms with Crippen molar-refractivity contribution in [3.05, 3.63) is 61.8 Å². The van der Waals surface area contributed by atoms with Gasteiger partial charge in [0.25, 0.3) is 5.91 Å². The average Bonchev–Trinajstić information content (AvgIpc) is 2.47. The van der Waals surface area contributed by atoms with E-state index in [0.717, 1.165) is 0 Å². The number of nitrogen functional groups attached to an aromatic ring is 1. The first-order chi connectivity index (χ1) is 10.4. The molecular weight excluding hydrogens is 398 g/mol. The minimum absolute atomic E-state index is 0.0971. The molecular formula is C14H10BrCl2FN2O2. The molecule has 0 bridgehead atoms. The Morgan fingerprint density at radius 3 is 2.59 bits per heavy atom. The molecule has 22 heavy (non-hydrogen) atoms. The number of hydrazine groups is 1. The second-order valence-electron chi connectivity index (χ2n) is 4.27. The Balaban J connectivity index is 2.21. The normalized spacial score (nSPS) is 10.4. The molecule has 2 rings (SSSR count). The van der Waals surface area contributed by atoms with Crippen molar-refractivity contribution in [2.45, 2.75) is 6.61 Å². The molecule has 0 saturated carbocycles. The number of benzene rings is 2. The minimum Gasteiger partial charge on any atom is -0.486 e. The van der Waals surface area contributed by atoms with E-state index >= 15 is 0 Å². The Morgan fingerprint density at radius 1 is 1.27 bits per heavy atom. The number of carbonyl (C=O) groups excluding carboxylic acids is 1. The molecule has 0 aromatic heterocycles. The summed E-state index contributed by atoms with van der Waals surface area (Å²) in [5.74, 6) is 4.51. The number of nitrogens with two attached hydrogens (primary N) is 1. The Labute approximate surface area is 144 Å². The number of hydrogen-bond donors (Lipinski definition) is 2. The van der Waals surface area contributed by atoms with E-state index in [4.69, 9.17) is 33.8 Å². The van der Waals surface area contributed by atoms with Crippen LogP contribution in [0.3, 0.4) is 0 Å². The van der Waals surface area contributed by atoms with Gasteiger partial charge in [0.2, 0.25) is 0 Å². The van der Waals surface area contributed by atoms with E-state index in [1.165, 1.54) is 30.3 Å². The average molecular weight is 408 g/mol. The van der Waals surface area contributed by atoms with Crippen molar-refractivity contribution in [1.82, 2.24) is 5.43 Å². The maximum Gasteiger partial charge on any atom is 0.265 e. The second-order valence-corrected chi connectivity index (χ2v) is 5.94. The highest BCUT2D eigenvalue weighted by atomic mass is 79.9. The summed E-state index contributed by atoms with van der Waals surface area (Å²) >= 11 is 15.3. The van der Waals surface area contributed by atoms with Crippen LogP contribution in [0, 0.1) is 5.82 Å². The fourth-order valence-corrected chi connectivity index (χ4v) is 2.89. The molecule has 0 atom stereocenters. The lowest BCUT2D eigenvalue weighted by molar-refractivity contribution is 0.0953. The first kappa shape index (κ1) is 17.0. The van der Waals surface area contributed by atoms with Crippen molar-refractivity contribution < 1.29 is 13.9 Å². The molecule has 2 aromatic rings. The maximum atomic E-state index is 13.0. The van der Waals surface area contributed by atoms with Gasteiger partial charge in [0.15, 0.2) is 5.75 Å². The fraction of sp³-hybridized carbons (Fsp3) is 0.0714. The van der Waals surface area contributed by atoms with Crippen LogP contribution in [0.4, 0.5) is 4.39 Å². The van der Waals surface area contributed by atoms with E-state index in [1.54, 1.807) is 0 Å². The monoisotopic (exact) mass is 406 g/mol. The van der Waals surface area contributed by atoms with Gasteiger partial charge in [-0.3, -0.25) is 10.2 Å².